The zero-order valence-corrected chi connectivity index (χ0v) is 26.9. The van der Waals surface area contributed by atoms with Gasteiger partial charge >= 0.3 is 12.1 Å². The second kappa shape index (κ2) is 15.2. The van der Waals surface area contributed by atoms with E-state index in [4.69, 9.17) is 21.1 Å². The number of carbonyl (C=O) groups excluding carboxylic acids is 1. The van der Waals surface area contributed by atoms with Crippen LogP contribution in [0.25, 0.3) is 0 Å². The Kier molecular flexibility index (Phi) is 11.6. The molecule has 8 heteroatoms. The van der Waals surface area contributed by atoms with Gasteiger partial charge in [-0.25, -0.2) is 0 Å². The third-order valence-electron chi connectivity index (χ3n) is 8.65. The van der Waals surface area contributed by atoms with E-state index in [1.54, 1.807) is 6.07 Å². The maximum absolute atomic E-state index is 13.7. The maximum atomic E-state index is 13.7. The van der Waals surface area contributed by atoms with E-state index in [2.05, 4.69) is 43.0 Å². The lowest BCUT2D eigenvalue weighted by molar-refractivity contribution is -0.147. The number of halogens is 4. The average molecular weight is 640 g/mol. The summed E-state index contributed by atoms with van der Waals surface area (Å²) in [7, 11) is 1.39. The first kappa shape index (κ1) is 34.3. The van der Waals surface area contributed by atoms with Crippen LogP contribution in [-0.2, 0) is 27.0 Å². The fraction of sp³-hybridized carbons (Fsp3) is 0.378. The molecule has 0 N–H and O–H groups in total. The third-order valence-corrected chi connectivity index (χ3v) is 9.09. The molecule has 0 amide bonds. The average Bonchev–Trinajstić information content (AvgIpc) is 3.02. The first-order valence-corrected chi connectivity index (χ1v) is 15.6. The predicted molar refractivity (Wildman–Crippen MR) is 173 cm³/mol. The largest absolute Gasteiger partial charge is 0.497 e. The normalized spacial score (nSPS) is 16.8. The molecule has 0 saturated carbocycles. The Morgan fingerprint density at radius 2 is 1.60 bits per heavy atom. The Labute approximate surface area is 269 Å². The molecule has 2 unspecified atom stereocenters. The summed E-state index contributed by atoms with van der Waals surface area (Å²) in [6.07, 6.45) is 1.95. The Hall–Kier alpha value is -3.55. The van der Waals surface area contributed by atoms with Crippen LogP contribution < -0.4 is 0 Å². The highest BCUT2D eigenvalue weighted by Gasteiger charge is 2.41. The van der Waals surface area contributed by atoms with Crippen molar-refractivity contribution in [3.05, 3.63) is 130 Å². The van der Waals surface area contributed by atoms with Gasteiger partial charge in [0, 0.05) is 36.9 Å². The second-order valence-electron chi connectivity index (χ2n) is 12.1. The monoisotopic (exact) mass is 639 g/mol. The molecule has 1 aliphatic rings. The van der Waals surface area contributed by atoms with E-state index >= 15 is 0 Å². The summed E-state index contributed by atoms with van der Waals surface area (Å²) in [6, 6.07) is 24.3. The van der Waals surface area contributed by atoms with Crippen LogP contribution in [0, 0.1) is 17.3 Å². The van der Waals surface area contributed by atoms with Gasteiger partial charge in [-0.15, -0.1) is 0 Å². The number of rotatable bonds is 13. The van der Waals surface area contributed by atoms with Gasteiger partial charge in [0.15, 0.2) is 0 Å². The van der Waals surface area contributed by atoms with Gasteiger partial charge in [0.1, 0.15) is 5.76 Å². The van der Waals surface area contributed by atoms with Crippen molar-refractivity contribution >= 4 is 17.6 Å². The summed E-state index contributed by atoms with van der Waals surface area (Å²) < 4.78 is 52.4. The first-order chi connectivity index (χ1) is 21.4. The summed E-state index contributed by atoms with van der Waals surface area (Å²) in [4.78, 5) is 14.4. The molecule has 4 nitrogen and oxygen atoms in total. The van der Waals surface area contributed by atoms with Crippen LogP contribution in [0.4, 0.5) is 13.2 Å². The van der Waals surface area contributed by atoms with Crippen molar-refractivity contribution in [2.45, 2.75) is 45.8 Å². The molecule has 4 rings (SSSR count). The minimum absolute atomic E-state index is 0.0106. The van der Waals surface area contributed by atoms with Crippen LogP contribution in [0.2, 0.25) is 5.02 Å². The number of carbonyl (C=O) groups is 1. The Morgan fingerprint density at radius 3 is 2.18 bits per heavy atom. The fourth-order valence-corrected chi connectivity index (χ4v) is 6.43. The summed E-state index contributed by atoms with van der Waals surface area (Å²) in [5.41, 5.74) is 1.40. The quantitative estimate of drug-likeness (QED) is 0.138. The number of allylic oxidation sites excluding steroid dienone is 4. The highest BCUT2D eigenvalue weighted by Crippen LogP contribution is 2.43. The van der Waals surface area contributed by atoms with Crippen LogP contribution in [0.3, 0.4) is 0 Å². The number of hydrogen-bond donors (Lipinski definition) is 0. The molecule has 0 saturated heterocycles. The van der Waals surface area contributed by atoms with E-state index in [9.17, 15) is 18.0 Å². The molecule has 0 aliphatic heterocycles. The van der Waals surface area contributed by atoms with E-state index in [-0.39, 0.29) is 35.3 Å². The van der Waals surface area contributed by atoms with Crippen LogP contribution in [0.1, 0.15) is 55.4 Å². The Bertz CT molecular complexity index is 1430. The molecule has 0 bridgehead atoms. The molecule has 3 aromatic rings. The zero-order chi connectivity index (χ0) is 32.6. The van der Waals surface area contributed by atoms with Crippen LogP contribution >= 0.6 is 11.6 Å². The molecule has 45 heavy (non-hydrogen) atoms. The SMILES string of the molecule is COC(=O)C(C)C1C=CC=C(OCCCN(Cc2cccc(C(F)(F)F)c2Cl)CC(c2ccccc2)c2ccccc2)C1(C)C. The number of alkyl halides is 3. The fourth-order valence-electron chi connectivity index (χ4n) is 6.14. The van der Waals surface area contributed by atoms with Crippen molar-refractivity contribution in [3.8, 4) is 0 Å². The van der Waals surface area contributed by atoms with Gasteiger partial charge in [-0.05, 0) is 35.3 Å². The smallest absolute Gasteiger partial charge is 0.417 e. The number of ether oxygens (including phenoxy) is 2. The molecule has 2 atom stereocenters. The van der Waals surface area contributed by atoms with Gasteiger partial charge in [0.25, 0.3) is 0 Å². The number of benzene rings is 3. The molecule has 0 spiro atoms. The molecule has 0 heterocycles. The molecule has 1 aliphatic carbocycles. The van der Waals surface area contributed by atoms with Crippen LogP contribution in [-0.4, -0.2) is 37.7 Å². The minimum atomic E-state index is -4.54. The van der Waals surface area contributed by atoms with Crippen molar-refractivity contribution in [3.63, 3.8) is 0 Å². The molecular weight excluding hydrogens is 599 g/mol. The standard InChI is InChI=1S/C37H41ClF3NO3/c1-26(35(43)44-4)31-19-12-21-33(36(31,2)3)45-23-13-22-42(24-29-18-11-20-32(34(29)38)37(39,40)41)25-30(27-14-7-5-8-15-27)28-16-9-6-10-17-28/h5-12,14-21,26,30-31H,13,22-25H2,1-4H3. The van der Waals surface area contributed by atoms with Crippen molar-refractivity contribution in [2.24, 2.45) is 17.3 Å². The molecular formula is C37H41ClF3NO3. The predicted octanol–water partition coefficient (Wildman–Crippen LogP) is 9.30. The summed E-state index contributed by atoms with van der Waals surface area (Å²) >= 11 is 6.36. The van der Waals surface area contributed by atoms with E-state index in [0.717, 1.165) is 23.0 Å². The highest BCUT2D eigenvalue weighted by molar-refractivity contribution is 6.32. The van der Waals surface area contributed by atoms with Crippen molar-refractivity contribution in [1.29, 1.82) is 0 Å². The summed E-state index contributed by atoms with van der Waals surface area (Å²) in [5.74, 6) is 0.0682. The van der Waals surface area contributed by atoms with Crippen LogP contribution in [0.15, 0.2) is 103 Å². The lowest BCUT2D eigenvalue weighted by Crippen LogP contribution is -2.36. The number of esters is 1. The van der Waals surface area contributed by atoms with Crippen molar-refractivity contribution < 1.29 is 27.4 Å². The van der Waals surface area contributed by atoms with Gasteiger partial charge < -0.3 is 9.47 Å². The van der Waals surface area contributed by atoms with Crippen LogP contribution in [0.5, 0.6) is 0 Å². The van der Waals surface area contributed by atoms with Gasteiger partial charge in [-0.3, -0.25) is 9.69 Å². The third kappa shape index (κ3) is 8.59. The van der Waals surface area contributed by atoms with Crippen molar-refractivity contribution in [1.82, 2.24) is 4.90 Å². The number of nitrogens with zero attached hydrogens (tertiary/aromatic N) is 1. The molecule has 0 radical (unpaired) electrons. The van der Waals surface area contributed by atoms with E-state index in [0.29, 0.717) is 31.7 Å². The molecule has 3 aromatic carbocycles. The topological polar surface area (TPSA) is 38.8 Å². The number of methoxy groups -OCH3 is 1. The van der Waals surface area contributed by atoms with E-state index < -0.39 is 17.2 Å². The molecule has 0 fully saturated rings. The van der Waals surface area contributed by atoms with Gasteiger partial charge in [0.05, 0.1) is 30.2 Å². The first-order valence-electron chi connectivity index (χ1n) is 15.2. The van der Waals surface area contributed by atoms with E-state index in [1.165, 1.54) is 13.2 Å². The maximum Gasteiger partial charge on any atom is 0.417 e. The van der Waals surface area contributed by atoms with Gasteiger partial charge in [-0.1, -0.05) is 117 Å². The van der Waals surface area contributed by atoms with E-state index in [1.807, 2.05) is 61.5 Å². The van der Waals surface area contributed by atoms with Gasteiger partial charge in [0.2, 0.25) is 0 Å². The molecule has 240 valence electrons. The Balaban J connectivity index is 1.54. The van der Waals surface area contributed by atoms with Gasteiger partial charge in [-0.2, -0.15) is 13.2 Å². The summed E-state index contributed by atoms with van der Waals surface area (Å²) in [5, 5.41) is -0.270. The lowest BCUT2D eigenvalue weighted by Gasteiger charge is -2.39. The number of hydrogen-bond acceptors (Lipinski definition) is 4. The highest BCUT2D eigenvalue weighted by atomic mass is 35.5. The Morgan fingerprint density at radius 1 is 0.978 bits per heavy atom. The zero-order valence-electron chi connectivity index (χ0n) is 26.2. The minimum Gasteiger partial charge on any atom is -0.497 e. The lowest BCUT2D eigenvalue weighted by atomic mass is 9.69. The summed E-state index contributed by atoms with van der Waals surface area (Å²) in [6.45, 7) is 7.74. The van der Waals surface area contributed by atoms with Crippen molar-refractivity contribution in [2.75, 3.05) is 26.8 Å². The second-order valence-corrected chi connectivity index (χ2v) is 12.4. The molecule has 0 aromatic heterocycles.